The van der Waals surface area contributed by atoms with Gasteiger partial charge in [0, 0.05) is 16.9 Å². The standard InChI is InChI=1S/C22H28N4O3/c1-4-26(5-2)15-21(28)25-19-12-11-18(13-16(19)3)24-20(27)14-23-22(29)17-9-7-6-8-10-17/h6-13H,4-5,14-15H2,1-3H3,(H,23,29)(H,24,27)(H,25,28). The molecule has 0 aliphatic heterocycles. The number of carbonyl (C=O) groups excluding carboxylic acids is 3. The molecule has 0 bridgehead atoms. The van der Waals surface area contributed by atoms with E-state index in [0.29, 0.717) is 23.5 Å². The first-order valence-electron chi connectivity index (χ1n) is 9.68. The van der Waals surface area contributed by atoms with E-state index in [-0.39, 0.29) is 24.3 Å². The molecule has 0 aromatic heterocycles. The summed E-state index contributed by atoms with van der Waals surface area (Å²) in [4.78, 5) is 38.3. The number of likely N-dealkylation sites (N-methyl/N-ethyl adjacent to an activating group) is 1. The third-order valence-electron chi connectivity index (χ3n) is 4.49. The molecule has 3 amide bonds. The topological polar surface area (TPSA) is 90.5 Å². The van der Waals surface area contributed by atoms with E-state index in [1.54, 1.807) is 42.5 Å². The molecular formula is C22H28N4O3. The molecule has 7 nitrogen and oxygen atoms in total. The van der Waals surface area contributed by atoms with Gasteiger partial charge in [-0.15, -0.1) is 0 Å². The highest BCUT2D eigenvalue weighted by Gasteiger charge is 2.11. The van der Waals surface area contributed by atoms with E-state index in [9.17, 15) is 14.4 Å². The molecule has 7 heteroatoms. The molecule has 0 saturated carbocycles. The van der Waals surface area contributed by atoms with Gasteiger partial charge in [-0.25, -0.2) is 0 Å². The number of amides is 3. The van der Waals surface area contributed by atoms with Crippen LogP contribution in [0.25, 0.3) is 0 Å². The van der Waals surface area contributed by atoms with E-state index in [4.69, 9.17) is 0 Å². The predicted octanol–water partition coefficient (Wildman–Crippen LogP) is 2.64. The van der Waals surface area contributed by atoms with Gasteiger partial charge in [-0.05, 0) is 55.9 Å². The second-order valence-corrected chi connectivity index (χ2v) is 6.64. The first-order chi connectivity index (χ1) is 13.9. The van der Waals surface area contributed by atoms with Gasteiger partial charge in [-0.2, -0.15) is 0 Å². The fraction of sp³-hybridized carbons (Fsp3) is 0.318. The first-order valence-corrected chi connectivity index (χ1v) is 9.68. The largest absolute Gasteiger partial charge is 0.343 e. The van der Waals surface area contributed by atoms with Crippen LogP contribution in [-0.4, -0.2) is 48.8 Å². The lowest BCUT2D eigenvalue weighted by atomic mass is 10.1. The number of rotatable bonds is 9. The van der Waals surface area contributed by atoms with Gasteiger partial charge in [0.1, 0.15) is 0 Å². The second kappa shape index (κ2) is 11.0. The van der Waals surface area contributed by atoms with Gasteiger partial charge in [0.15, 0.2) is 0 Å². The van der Waals surface area contributed by atoms with Crippen molar-refractivity contribution < 1.29 is 14.4 Å². The Bertz CT molecular complexity index is 848. The highest BCUT2D eigenvalue weighted by molar-refractivity contribution is 5.99. The van der Waals surface area contributed by atoms with E-state index in [2.05, 4.69) is 16.0 Å². The molecule has 2 rings (SSSR count). The minimum atomic E-state index is -0.327. The average Bonchev–Trinajstić information content (AvgIpc) is 2.72. The number of hydrogen-bond acceptors (Lipinski definition) is 4. The van der Waals surface area contributed by atoms with Crippen molar-refractivity contribution in [1.82, 2.24) is 10.2 Å². The third-order valence-corrected chi connectivity index (χ3v) is 4.49. The number of aryl methyl sites for hydroxylation is 1. The Balaban J connectivity index is 1.87. The van der Waals surface area contributed by atoms with Crippen molar-refractivity contribution in [2.45, 2.75) is 20.8 Å². The van der Waals surface area contributed by atoms with Gasteiger partial charge in [-0.1, -0.05) is 32.0 Å². The molecule has 0 fully saturated rings. The summed E-state index contributed by atoms with van der Waals surface area (Å²) in [6.45, 7) is 7.73. The molecule has 0 atom stereocenters. The van der Waals surface area contributed by atoms with Gasteiger partial charge in [0.05, 0.1) is 13.1 Å². The number of anilines is 2. The fourth-order valence-electron chi connectivity index (χ4n) is 2.78. The molecule has 29 heavy (non-hydrogen) atoms. The lowest BCUT2D eigenvalue weighted by molar-refractivity contribution is -0.117. The van der Waals surface area contributed by atoms with Crippen molar-refractivity contribution >= 4 is 29.1 Å². The van der Waals surface area contributed by atoms with Gasteiger partial charge in [0.25, 0.3) is 5.91 Å². The fourth-order valence-corrected chi connectivity index (χ4v) is 2.78. The minimum absolute atomic E-state index is 0.0720. The number of nitrogens with one attached hydrogen (secondary N) is 3. The van der Waals surface area contributed by atoms with Gasteiger partial charge in [-0.3, -0.25) is 19.3 Å². The molecule has 0 aliphatic carbocycles. The van der Waals surface area contributed by atoms with E-state index < -0.39 is 0 Å². The molecule has 154 valence electrons. The van der Waals surface area contributed by atoms with Crippen LogP contribution < -0.4 is 16.0 Å². The normalized spacial score (nSPS) is 10.5. The third kappa shape index (κ3) is 7.04. The van der Waals surface area contributed by atoms with Crippen LogP contribution in [0.5, 0.6) is 0 Å². The van der Waals surface area contributed by atoms with E-state index >= 15 is 0 Å². The summed E-state index contributed by atoms with van der Waals surface area (Å²) in [5.74, 6) is -0.701. The van der Waals surface area contributed by atoms with Crippen molar-refractivity contribution in [3.8, 4) is 0 Å². The zero-order valence-electron chi connectivity index (χ0n) is 17.1. The van der Waals surface area contributed by atoms with Crippen LogP contribution >= 0.6 is 0 Å². The van der Waals surface area contributed by atoms with E-state index in [1.807, 2.05) is 31.7 Å². The Morgan fingerprint density at radius 1 is 0.897 bits per heavy atom. The minimum Gasteiger partial charge on any atom is -0.343 e. The second-order valence-electron chi connectivity index (χ2n) is 6.64. The zero-order chi connectivity index (χ0) is 21.2. The molecule has 0 heterocycles. The number of hydrogen-bond donors (Lipinski definition) is 3. The highest BCUT2D eigenvalue weighted by atomic mass is 16.2. The van der Waals surface area contributed by atoms with Gasteiger partial charge >= 0.3 is 0 Å². The summed E-state index contributed by atoms with van der Waals surface area (Å²) in [5.41, 5.74) is 2.64. The monoisotopic (exact) mass is 396 g/mol. The van der Waals surface area contributed by atoms with E-state index in [1.165, 1.54) is 0 Å². The Morgan fingerprint density at radius 3 is 2.21 bits per heavy atom. The van der Waals surface area contributed by atoms with Crippen molar-refractivity contribution in [2.75, 3.05) is 36.8 Å². The average molecular weight is 396 g/mol. The molecular weight excluding hydrogens is 368 g/mol. The first kappa shape index (κ1) is 22.1. The lowest BCUT2D eigenvalue weighted by Gasteiger charge is -2.18. The Labute approximate surface area is 171 Å². The Kier molecular flexibility index (Phi) is 8.36. The van der Waals surface area contributed by atoms with Crippen molar-refractivity contribution in [3.05, 3.63) is 59.7 Å². The van der Waals surface area contributed by atoms with Crippen LogP contribution in [0.3, 0.4) is 0 Å². The van der Waals surface area contributed by atoms with Crippen LogP contribution in [0.1, 0.15) is 29.8 Å². The van der Waals surface area contributed by atoms with Crippen LogP contribution in [0.15, 0.2) is 48.5 Å². The van der Waals surface area contributed by atoms with Crippen LogP contribution in [0.2, 0.25) is 0 Å². The Hall–Kier alpha value is -3.19. The summed E-state index contributed by atoms with van der Waals surface area (Å²) in [7, 11) is 0. The van der Waals surface area contributed by atoms with Gasteiger partial charge < -0.3 is 16.0 Å². The van der Waals surface area contributed by atoms with Crippen molar-refractivity contribution in [3.63, 3.8) is 0 Å². The summed E-state index contributed by atoms with van der Waals surface area (Å²) in [5, 5.41) is 8.23. The molecule has 0 saturated heterocycles. The van der Waals surface area contributed by atoms with E-state index in [0.717, 1.165) is 18.7 Å². The molecule has 2 aromatic rings. The smallest absolute Gasteiger partial charge is 0.251 e. The SMILES string of the molecule is CCN(CC)CC(=O)Nc1ccc(NC(=O)CNC(=O)c2ccccc2)cc1C. The highest BCUT2D eigenvalue weighted by Crippen LogP contribution is 2.19. The quantitative estimate of drug-likeness (QED) is 0.608. The summed E-state index contributed by atoms with van der Waals surface area (Å²) in [6, 6.07) is 14.0. The van der Waals surface area contributed by atoms with Crippen molar-refractivity contribution in [2.24, 2.45) is 0 Å². The molecule has 2 aromatic carbocycles. The molecule has 3 N–H and O–H groups in total. The summed E-state index contributed by atoms with van der Waals surface area (Å²) in [6.07, 6.45) is 0. The predicted molar refractivity (Wildman–Crippen MR) is 115 cm³/mol. The van der Waals surface area contributed by atoms with Crippen LogP contribution in [0.4, 0.5) is 11.4 Å². The summed E-state index contributed by atoms with van der Waals surface area (Å²) >= 11 is 0. The maximum atomic E-state index is 12.2. The molecule has 0 unspecified atom stereocenters. The van der Waals surface area contributed by atoms with Crippen LogP contribution in [0, 0.1) is 6.92 Å². The zero-order valence-corrected chi connectivity index (χ0v) is 17.1. The molecule has 0 aliphatic rings. The Morgan fingerprint density at radius 2 is 1.59 bits per heavy atom. The molecule has 0 spiro atoms. The number of carbonyl (C=O) groups is 3. The van der Waals surface area contributed by atoms with Gasteiger partial charge in [0.2, 0.25) is 11.8 Å². The number of nitrogens with zero attached hydrogens (tertiary/aromatic N) is 1. The summed E-state index contributed by atoms with van der Waals surface area (Å²) < 4.78 is 0. The maximum Gasteiger partial charge on any atom is 0.251 e. The van der Waals surface area contributed by atoms with Crippen LogP contribution in [-0.2, 0) is 9.59 Å². The van der Waals surface area contributed by atoms with Crippen molar-refractivity contribution in [1.29, 1.82) is 0 Å². The maximum absolute atomic E-state index is 12.2. The number of benzene rings is 2. The lowest BCUT2D eigenvalue weighted by Crippen LogP contribution is -2.33. The molecule has 0 radical (unpaired) electrons.